The van der Waals surface area contributed by atoms with Gasteiger partial charge in [-0.05, 0) is 42.8 Å². The van der Waals surface area contributed by atoms with Gasteiger partial charge in [-0.15, -0.1) is 0 Å². The predicted octanol–water partition coefficient (Wildman–Crippen LogP) is 3.92. The van der Waals surface area contributed by atoms with Gasteiger partial charge in [-0.1, -0.05) is 0 Å². The van der Waals surface area contributed by atoms with E-state index in [-0.39, 0.29) is 11.8 Å². The number of carbonyl (C=O) groups excluding carboxylic acids is 1. The number of carbonyl (C=O) groups is 1. The van der Waals surface area contributed by atoms with Crippen LogP contribution in [0.4, 0.5) is 4.39 Å². The number of hydrogen-bond donors (Lipinski definition) is 0. The highest BCUT2D eigenvalue weighted by Crippen LogP contribution is 2.27. The van der Waals surface area contributed by atoms with Crippen molar-refractivity contribution in [3.05, 3.63) is 54.0 Å². The zero-order chi connectivity index (χ0) is 14.1. The fraction of sp³-hybridized carbons (Fsp3) is 0.188. The van der Waals surface area contributed by atoms with Crippen LogP contribution in [0.5, 0.6) is 0 Å². The quantitative estimate of drug-likeness (QED) is 0.775. The highest BCUT2D eigenvalue weighted by atomic mass is 19.1. The zero-order valence-electron chi connectivity index (χ0n) is 11.1. The van der Waals surface area contributed by atoms with Crippen LogP contribution < -0.4 is 0 Å². The third kappa shape index (κ3) is 2.13. The largest absolute Gasteiger partial charge is 0.465 e. The summed E-state index contributed by atoms with van der Waals surface area (Å²) in [7, 11) is 1.37. The molecule has 0 atom stereocenters. The minimum absolute atomic E-state index is 0.0850. The first-order chi connectivity index (χ1) is 9.69. The molecular weight excluding hydrogens is 257 g/mol. The third-order valence-corrected chi connectivity index (χ3v) is 3.50. The highest BCUT2D eigenvalue weighted by Gasteiger charge is 2.12. The average molecular weight is 271 g/mol. The molecule has 0 fully saturated rings. The maximum absolute atomic E-state index is 13.0. The number of aromatic nitrogens is 1. The lowest BCUT2D eigenvalue weighted by Gasteiger charge is -2.13. The fourth-order valence-corrected chi connectivity index (χ4v) is 2.44. The van der Waals surface area contributed by atoms with Crippen LogP contribution in [-0.4, -0.2) is 17.6 Å². The van der Waals surface area contributed by atoms with E-state index in [4.69, 9.17) is 4.74 Å². The number of allylic oxidation sites excluding steroid dienone is 4. The molecule has 0 bridgehead atoms. The molecule has 0 radical (unpaired) electrons. The third-order valence-electron chi connectivity index (χ3n) is 3.50. The maximum Gasteiger partial charge on any atom is 0.337 e. The first-order valence-electron chi connectivity index (χ1n) is 6.44. The molecule has 102 valence electrons. The van der Waals surface area contributed by atoms with Gasteiger partial charge in [0.1, 0.15) is 5.83 Å². The van der Waals surface area contributed by atoms with Gasteiger partial charge in [-0.2, -0.15) is 0 Å². The average Bonchev–Trinajstić information content (AvgIpc) is 2.90. The number of benzene rings is 1. The monoisotopic (exact) mass is 271 g/mol. The molecule has 0 unspecified atom stereocenters. The Bertz CT molecular complexity index is 740. The van der Waals surface area contributed by atoms with E-state index in [1.54, 1.807) is 18.2 Å². The Balaban J connectivity index is 2.05. The summed E-state index contributed by atoms with van der Waals surface area (Å²) in [4.78, 5) is 11.5. The molecule has 0 spiro atoms. The molecule has 3 rings (SSSR count). The molecule has 0 amide bonds. The van der Waals surface area contributed by atoms with E-state index >= 15 is 0 Å². The highest BCUT2D eigenvalue weighted by molar-refractivity contribution is 5.95. The van der Waals surface area contributed by atoms with Crippen LogP contribution in [-0.2, 0) is 4.74 Å². The molecule has 1 aliphatic carbocycles. The zero-order valence-corrected chi connectivity index (χ0v) is 11.1. The van der Waals surface area contributed by atoms with Gasteiger partial charge in [-0.3, -0.25) is 0 Å². The Morgan fingerprint density at radius 2 is 2.10 bits per heavy atom. The van der Waals surface area contributed by atoms with E-state index in [0.29, 0.717) is 18.4 Å². The summed E-state index contributed by atoms with van der Waals surface area (Å²) < 4.78 is 19.8. The van der Waals surface area contributed by atoms with Crippen molar-refractivity contribution < 1.29 is 13.9 Å². The van der Waals surface area contributed by atoms with Crippen LogP contribution in [0, 0.1) is 0 Å². The van der Waals surface area contributed by atoms with Gasteiger partial charge < -0.3 is 9.30 Å². The minimum Gasteiger partial charge on any atom is -0.465 e. The second kappa shape index (κ2) is 4.96. The standard InChI is InChI=1S/C16H14FNO2/c1-20-16(19)12-2-7-15-11(10-12)8-9-18(15)14-5-3-13(17)4-6-14/h2-3,5,7-10H,4,6H2,1H3. The summed E-state index contributed by atoms with van der Waals surface area (Å²) in [5, 5.41) is 0.962. The summed E-state index contributed by atoms with van der Waals surface area (Å²) in [6, 6.07) is 7.37. The van der Waals surface area contributed by atoms with Crippen LogP contribution in [0.2, 0.25) is 0 Å². The van der Waals surface area contributed by atoms with E-state index in [2.05, 4.69) is 0 Å². The van der Waals surface area contributed by atoms with Crippen molar-refractivity contribution in [2.24, 2.45) is 0 Å². The number of methoxy groups -OCH3 is 1. The Morgan fingerprint density at radius 1 is 1.25 bits per heavy atom. The molecule has 20 heavy (non-hydrogen) atoms. The number of nitrogens with zero attached hydrogens (tertiary/aromatic N) is 1. The first-order valence-corrected chi connectivity index (χ1v) is 6.44. The van der Waals surface area contributed by atoms with Crippen molar-refractivity contribution in [3.63, 3.8) is 0 Å². The van der Waals surface area contributed by atoms with E-state index in [1.807, 2.05) is 22.9 Å². The van der Waals surface area contributed by atoms with Gasteiger partial charge in [0, 0.05) is 23.7 Å². The van der Waals surface area contributed by atoms with Crippen molar-refractivity contribution in [1.82, 2.24) is 4.57 Å². The van der Waals surface area contributed by atoms with Crippen molar-refractivity contribution in [1.29, 1.82) is 0 Å². The van der Waals surface area contributed by atoms with E-state index in [0.717, 1.165) is 16.6 Å². The van der Waals surface area contributed by atoms with Gasteiger partial charge in [0.25, 0.3) is 0 Å². The minimum atomic E-state index is -0.346. The molecule has 1 aliphatic rings. The SMILES string of the molecule is COC(=O)c1ccc2c(ccn2C2=CC=C(F)CC2)c1. The number of fused-ring (bicyclic) bond motifs is 1. The molecule has 0 saturated carbocycles. The Labute approximate surface area is 116 Å². The van der Waals surface area contributed by atoms with Crippen molar-refractivity contribution in [2.45, 2.75) is 12.8 Å². The predicted molar refractivity (Wildman–Crippen MR) is 76.0 cm³/mol. The van der Waals surface area contributed by atoms with Crippen LogP contribution in [0.3, 0.4) is 0 Å². The molecule has 4 heteroatoms. The second-order valence-electron chi connectivity index (χ2n) is 4.72. The number of rotatable bonds is 2. The number of esters is 1. The second-order valence-corrected chi connectivity index (χ2v) is 4.72. The molecule has 0 N–H and O–H groups in total. The molecule has 1 heterocycles. The molecule has 1 aromatic carbocycles. The van der Waals surface area contributed by atoms with E-state index in [1.165, 1.54) is 13.2 Å². The molecule has 0 aliphatic heterocycles. The number of ether oxygens (including phenoxy) is 1. The Kier molecular flexibility index (Phi) is 3.14. The summed E-state index contributed by atoms with van der Waals surface area (Å²) >= 11 is 0. The lowest BCUT2D eigenvalue weighted by atomic mass is 10.1. The summed E-state index contributed by atoms with van der Waals surface area (Å²) in [5.74, 6) is -0.431. The lowest BCUT2D eigenvalue weighted by molar-refractivity contribution is 0.0601. The first kappa shape index (κ1) is 12.7. The fourth-order valence-electron chi connectivity index (χ4n) is 2.44. The van der Waals surface area contributed by atoms with Crippen molar-refractivity contribution >= 4 is 22.6 Å². The Hall–Kier alpha value is -2.36. The van der Waals surface area contributed by atoms with Gasteiger partial charge in [-0.25, -0.2) is 9.18 Å². The summed E-state index contributed by atoms with van der Waals surface area (Å²) in [6.07, 6.45) is 6.35. The van der Waals surface area contributed by atoms with Gasteiger partial charge in [0.15, 0.2) is 0 Å². The molecule has 1 aromatic heterocycles. The van der Waals surface area contributed by atoms with Crippen molar-refractivity contribution in [2.75, 3.05) is 7.11 Å². The summed E-state index contributed by atoms with van der Waals surface area (Å²) in [6.45, 7) is 0. The Morgan fingerprint density at radius 3 is 2.80 bits per heavy atom. The van der Waals surface area contributed by atoms with Gasteiger partial charge in [0.05, 0.1) is 18.2 Å². The van der Waals surface area contributed by atoms with Crippen molar-refractivity contribution in [3.8, 4) is 0 Å². The lowest BCUT2D eigenvalue weighted by Crippen LogP contribution is -2.01. The summed E-state index contributed by atoms with van der Waals surface area (Å²) in [5.41, 5.74) is 2.58. The van der Waals surface area contributed by atoms with Gasteiger partial charge >= 0.3 is 5.97 Å². The van der Waals surface area contributed by atoms with E-state index in [9.17, 15) is 9.18 Å². The van der Waals surface area contributed by atoms with E-state index < -0.39 is 0 Å². The molecule has 2 aromatic rings. The van der Waals surface area contributed by atoms with Crippen LogP contribution in [0.1, 0.15) is 23.2 Å². The maximum atomic E-state index is 13.0. The number of halogens is 1. The smallest absolute Gasteiger partial charge is 0.337 e. The van der Waals surface area contributed by atoms with Crippen LogP contribution in [0.25, 0.3) is 16.6 Å². The normalized spacial score (nSPS) is 14.9. The molecule has 3 nitrogen and oxygen atoms in total. The van der Waals surface area contributed by atoms with Crippen LogP contribution in [0.15, 0.2) is 48.4 Å². The molecule has 0 saturated heterocycles. The molecular formula is C16H14FNO2. The topological polar surface area (TPSA) is 31.2 Å². The van der Waals surface area contributed by atoms with Crippen LogP contribution >= 0.6 is 0 Å². The van der Waals surface area contributed by atoms with Gasteiger partial charge in [0.2, 0.25) is 0 Å². The number of hydrogen-bond acceptors (Lipinski definition) is 2.